The third kappa shape index (κ3) is 2.80. The Balaban J connectivity index is 1.37. The highest BCUT2D eigenvalue weighted by Gasteiger charge is 2.17. The van der Waals surface area contributed by atoms with Crippen LogP contribution in [0.5, 0.6) is 5.75 Å². The van der Waals surface area contributed by atoms with Gasteiger partial charge in [-0.3, -0.25) is 4.79 Å². The van der Waals surface area contributed by atoms with Crippen LogP contribution in [0.3, 0.4) is 0 Å². The summed E-state index contributed by atoms with van der Waals surface area (Å²) < 4.78 is 6.65. The fourth-order valence-electron chi connectivity index (χ4n) is 3.57. The van der Waals surface area contributed by atoms with Crippen molar-refractivity contribution in [1.82, 2.24) is 4.98 Å². The molecule has 1 aromatic heterocycles. The second-order valence-electron chi connectivity index (χ2n) is 6.75. The Bertz CT molecular complexity index is 992. The molecule has 132 valence electrons. The quantitative estimate of drug-likeness (QED) is 0.760. The van der Waals surface area contributed by atoms with Gasteiger partial charge in [-0.15, -0.1) is 0 Å². The third-order valence-electron chi connectivity index (χ3n) is 4.96. The van der Waals surface area contributed by atoms with Crippen molar-refractivity contribution in [3.8, 4) is 5.75 Å². The standard InChI is InChI=1S/C20H19N3O2S/c24-19(14-3-5-17-13(11-14)7-10-25-17)21-15-4-6-18-16(12-15)22-20(26-18)23-8-1-2-9-23/h3-6,11-12H,1-2,7-10H2,(H,21,24). The predicted octanol–water partition coefficient (Wildman–Crippen LogP) is 4.08. The zero-order chi connectivity index (χ0) is 17.5. The van der Waals surface area contributed by atoms with Crippen LogP contribution in [0.25, 0.3) is 10.2 Å². The second kappa shape index (κ2) is 6.29. The van der Waals surface area contributed by atoms with Gasteiger partial charge in [0.2, 0.25) is 0 Å². The molecule has 0 bridgehead atoms. The van der Waals surface area contributed by atoms with E-state index < -0.39 is 0 Å². The van der Waals surface area contributed by atoms with Crippen molar-refractivity contribution in [1.29, 1.82) is 0 Å². The third-order valence-corrected chi connectivity index (χ3v) is 6.06. The van der Waals surface area contributed by atoms with E-state index in [2.05, 4.69) is 10.2 Å². The largest absolute Gasteiger partial charge is 0.493 e. The zero-order valence-electron chi connectivity index (χ0n) is 14.3. The summed E-state index contributed by atoms with van der Waals surface area (Å²) in [5.41, 5.74) is 3.47. The summed E-state index contributed by atoms with van der Waals surface area (Å²) in [5, 5.41) is 4.07. The number of benzene rings is 2. The fourth-order valence-corrected chi connectivity index (χ4v) is 4.57. The molecule has 1 fully saturated rings. The van der Waals surface area contributed by atoms with Crippen LogP contribution in [0.1, 0.15) is 28.8 Å². The topological polar surface area (TPSA) is 54.5 Å². The van der Waals surface area contributed by atoms with E-state index in [9.17, 15) is 4.79 Å². The summed E-state index contributed by atoms with van der Waals surface area (Å²) in [5.74, 6) is 0.786. The minimum absolute atomic E-state index is 0.103. The number of ether oxygens (including phenoxy) is 1. The van der Waals surface area contributed by atoms with E-state index >= 15 is 0 Å². The molecule has 0 atom stereocenters. The summed E-state index contributed by atoms with van der Waals surface area (Å²) in [6.45, 7) is 2.87. The van der Waals surface area contributed by atoms with Gasteiger partial charge in [0.25, 0.3) is 5.91 Å². The summed E-state index contributed by atoms with van der Waals surface area (Å²) in [6, 6.07) is 11.6. The number of nitrogens with zero attached hydrogens (tertiary/aromatic N) is 2. The van der Waals surface area contributed by atoms with E-state index in [-0.39, 0.29) is 5.91 Å². The van der Waals surface area contributed by atoms with E-state index in [1.807, 2.05) is 36.4 Å². The Morgan fingerprint density at radius 2 is 2.04 bits per heavy atom. The molecule has 1 saturated heterocycles. The minimum atomic E-state index is -0.103. The van der Waals surface area contributed by atoms with Gasteiger partial charge in [0.15, 0.2) is 5.13 Å². The van der Waals surface area contributed by atoms with Gasteiger partial charge in [0, 0.05) is 30.8 Å². The van der Waals surface area contributed by atoms with Gasteiger partial charge in [-0.1, -0.05) is 11.3 Å². The molecule has 6 heteroatoms. The molecule has 3 heterocycles. The van der Waals surface area contributed by atoms with Crippen LogP contribution in [-0.2, 0) is 6.42 Å². The molecule has 2 aliphatic rings. The highest BCUT2D eigenvalue weighted by atomic mass is 32.1. The Morgan fingerprint density at radius 1 is 1.15 bits per heavy atom. The highest BCUT2D eigenvalue weighted by Crippen LogP contribution is 2.32. The van der Waals surface area contributed by atoms with E-state index in [0.717, 1.165) is 51.9 Å². The van der Waals surface area contributed by atoms with Crippen LogP contribution >= 0.6 is 11.3 Å². The summed E-state index contributed by atoms with van der Waals surface area (Å²) in [7, 11) is 0. The van der Waals surface area contributed by atoms with Gasteiger partial charge < -0.3 is 15.0 Å². The van der Waals surface area contributed by atoms with Crippen molar-refractivity contribution in [2.24, 2.45) is 0 Å². The van der Waals surface area contributed by atoms with Crippen molar-refractivity contribution in [3.05, 3.63) is 47.5 Å². The first-order valence-corrected chi connectivity index (χ1v) is 9.80. The number of hydrogen-bond donors (Lipinski definition) is 1. The lowest BCUT2D eigenvalue weighted by atomic mass is 10.1. The van der Waals surface area contributed by atoms with Gasteiger partial charge in [-0.25, -0.2) is 4.98 Å². The van der Waals surface area contributed by atoms with Crippen LogP contribution in [-0.4, -0.2) is 30.6 Å². The number of aromatic nitrogens is 1. The fraction of sp³-hybridized carbons (Fsp3) is 0.300. The minimum Gasteiger partial charge on any atom is -0.493 e. The van der Waals surface area contributed by atoms with Gasteiger partial charge >= 0.3 is 0 Å². The van der Waals surface area contributed by atoms with Crippen molar-refractivity contribution in [2.45, 2.75) is 19.3 Å². The number of rotatable bonds is 3. The van der Waals surface area contributed by atoms with E-state index in [4.69, 9.17) is 9.72 Å². The molecule has 3 aromatic rings. The molecule has 0 saturated carbocycles. The molecule has 0 unspecified atom stereocenters. The smallest absolute Gasteiger partial charge is 0.255 e. The molecular formula is C20H19N3O2S. The number of carbonyl (C=O) groups is 1. The van der Waals surface area contributed by atoms with Crippen LogP contribution in [0.15, 0.2) is 36.4 Å². The Hall–Kier alpha value is -2.60. The molecule has 5 rings (SSSR count). The van der Waals surface area contributed by atoms with Crippen LogP contribution in [0, 0.1) is 0 Å². The first-order chi connectivity index (χ1) is 12.8. The van der Waals surface area contributed by atoms with E-state index in [0.29, 0.717) is 12.2 Å². The summed E-state index contributed by atoms with van der Waals surface area (Å²) in [4.78, 5) is 19.7. The normalized spacial score (nSPS) is 15.9. The Morgan fingerprint density at radius 3 is 2.92 bits per heavy atom. The molecule has 5 nitrogen and oxygen atoms in total. The SMILES string of the molecule is O=C(Nc1ccc2sc(N3CCCC3)nc2c1)c1ccc2c(c1)CCO2. The van der Waals surface area contributed by atoms with Crippen molar-refractivity contribution >= 4 is 38.3 Å². The zero-order valence-corrected chi connectivity index (χ0v) is 15.1. The lowest BCUT2D eigenvalue weighted by Crippen LogP contribution is -2.16. The molecule has 1 N–H and O–H groups in total. The lowest BCUT2D eigenvalue weighted by molar-refractivity contribution is 0.102. The van der Waals surface area contributed by atoms with Gasteiger partial charge in [0.1, 0.15) is 5.75 Å². The molecule has 2 aromatic carbocycles. The number of anilines is 2. The number of amides is 1. The van der Waals surface area contributed by atoms with E-state index in [1.165, 1.54) is 12.8 Å². The first-order valence-electron chi connectivity index (χ1n) is 8.99. The molecule has 0 radical (unpaired) electrons. The van der Waals surface area contributed by atoms with Gasteiger partial charge in [-0.2, -0.15) is 0 Å². The second-order valence-corrected chi connectivity index (χ2v) is 7.76. The molecule has 0 spiro atoms. The van der Waals surface area contributed by atoms with Crippen molar-refractivity contribution in [3.63, 3.8) is 0 Å². The summed E-state index contributed by atoms with van der Waals surface area (Å²) >= 11 is 1.72. The molecular weight excluding hydrogens is 346 g/mol. The van der Waals surface area contributed by atoms with Crippen LogP contribution in [0.4, 0.5) is 10.8 Å². The average molecular weight is 365 g/mol. The maximum Gasteiger partial charge on any atom is 0.255 e. The van der Waals surface area contributed by atoms with Crippen LogP contribution < -0.4 is 15.0 Å². The lowest BCUT2D eigenvalue weighted by Gasteiger charge is -2.11. The predicted molar refractivity (Wildman–Crippen MR) is 105 cm³/mol. The number of carbonyl (C=O) groups excluding carboxylic acids is 1. The number of fused-ring (bicyclic) bond motifs is 2. The maximum absolute atomic E-state index is 12.6. The highest BCUT2D eigenvalue weighted by molar-refractivity contribution is 7.22. The van der Waals surface area contributed by atoms with Gasteiger partial charge in [-0.05, 0) is 54.8 Å². The Labute approximate surface area is 155 Å². The molecule has 0 aliphatic carbocycles. The number of nitrogens with one attached hydrogen (secondary N) is 1. The van der Waals surface area contributed by atoms with E-state index in [1.54, 1.807) is 11.3 Å². The molecule has 2 aliphatic heterocycles. The number of hydrogen-bond acceptors (Lipinski definition) is 5. The summed E-state index contributed by atoms with van der Waals surface area (Å²) in [6.07, 6.45) is 3.34. The number of thiazole rings is 1. The van der Waals surface area contributed by atoms with Crippen molar-refractivity contribution < 1.29 is 9.53 Å². The maximum atomic E-state index is 12.6. The first kappa shape index (κ1) is 15.6. The average Bonchev–Trinajstić information content (AvgIpc) is 3.39. The monoisotopic (exact) mass is 365 g/mol. The van der Waals surface area contributed by atoms with Crippen LogP contribution in [0.2, 0.25) is 0 Å². The van der Waals surface area contributed by atoms with Crippen molar-refractivity contribution in [2.75, 3.05) is 29.9 Å². The molecule has 1 amide bonds. The Kier molecular flexibility index (Phi) is 3.78. The van der Waals surface area contributed by atoms with Gasteiger partial charge in [0.05, 0.1) is 16.8 Å². The molecule has 26 heavy (non-hydrogen) atoms.